The number of hydrogen-bond donors (Lipinski definition) is 2. The molecule has 3 N–H and O–H groups in total. The number of aromatic nitrogens is 1. The Labute approximate surface area is 125 Å². The first-order valence-corrected chi connectivity index (χ1v) is 7.17. The Morgan fingerprint density at radius 3 is 2.90 bits per heavy atom. The molecule has 0 aliphatic heterocycles. The fourth-order valence-corrected chi connectivity index (χ4v) is 3.39. The number of hydrazine groups is 1. The van der Waals surface area contributed by atoms with Crippen molar-refractivity contribution in [1.29, 1.82) is 0 Å². The number of methoxy groups -OCH3 is 1. The largest absolute Gasteiger partial charge is 0.495 e. The molecule has 0 radical (unpaired) electrons. The average Bonchev–Trinajstić information content (AvgIpc) is 2.91. The van der Waals surface area contributed by atoms with E-state index in [1.807, 2.05) is 12.1 Å². The zero-order valence-electron chi connectivity index (χ0n) is 11.3. The summed E-state index contributed by atoms with van der Waals surface area (Å²) in [6, 6.07) is 8.42. The first kappa shape index (κ1) is 13.9. The lowest BCUT2D eigenvalue weighted by molar-refractivity contribution is 0.411. The third kappa shape index (κ3) is 2.73. The molecule has 1 atom stereocenters. The molecule has 1 unspecified atom stereocenters. The van der Waals surface area contributed by atoms with Crippen molar-refractivity contribution in [3.8, 4) is 5.75 Å². The van der Waals surface area contributed by atoms with Crippen molar-refractivity contribution in [1.82, 2.24) is 10.4 Å². The monoisotopic (exact) mass is 303 g/mol. The van der Waals surface area contributed by atoms with Crippen LogP contribution in [0.5, 0.6) is 5.75 Å². The van der Waals surface area contributed by atoms with Crippen LogP contribution in [-0.2, 0) is 0 Å². The Morgan fingerprint density at radius 1 is 1.29 bits per heavy atom. The number of pyridine rings is 1. The summed E-state index contributed by atoms with van der Waals surface area (Å²) in [5.74, 6) is 6.12. The van der Waals surface area contributed by atoms with Crippen LogP contribution in [0.25, 0.3) is 10.1 Å². The van der Waals surface area contributed by atoms with E-state index in [1.54, 1.807) is 25.6 Å². The Hall–Kier alpha value is -2.02. The van der Waals surface area contributed by atoms with Gasteiger partial charge in [0.25, 0.3) is 0 Å². The SMILES string of the molecule is COc1cncc(C(NN)c2cc3ccc(F)cc3s2)c1. The maximum atomic E-state index is 13.3. The zero-order chi connectivity index (χ0) is 14.8. The summed E-state index contributed by atoms with van der Waals surface area (Å²) in [4.78, 5) is 5.14. The van der Waals surface area contributed by atoms with E-state index in [0.29, 0.717) is 5.75 Å². The van der Waals surface area contributed by atoms with Crippen molar-refractivity contribution in [3.63, 3.8) is 0 Å². The highest BCUT2D eigenvalue weighted by Gasteiger charge is 2.16. The molecular weight excluding hydrogens is 289 g/mol. The third-order valence-electron chi connectivity index (χ3n) is 3.26. The summed E-state index contributed by atoms with van der Waals surface area (Å²) in [7, 11) is 1.59. The summed E-state index contributed by atoms with van der Waals surface area (Å²) in [6.45, 7) is 0. The maximum absolute atomic E-state index is 13.3. The van der Waals surface area contributed by atoms with Crippen molar-refractivity contribution in [3.05, 3.63) is 59.0 Å². The molecule has 0 bridgehead atoms. The highest BCUT2D eigenvalue weighted by Crippen LogP contribution is 2.33. The minimum atomic E-state index is -0.240. The Kier molecular flexibility index (Phi) is 3.83. The predicted molar refractivity (Wildman–Crippen MR) is 81.7 cm³/mol. The quantitative estimate of drug-likeness (QED) is 0.574. The molecule has 4 nitrogen and oxygen atoms in total. The van der Waals surface area contributed by atoms with Gasteiger partial charge in [-0.2, -0.15) is 0 Å². The van der Waals surface area contributed by atoms with Gasteiger partial charge in [-0.25, -0.2) is 9.82 Å². The molecule has 108 valence electrons. The number of hydrogen-bond acceptors (Lipinski definition) is 5. The van der Waals surface area contributed by atoms with Gasteiger partial charge in [-0.15, -0.1) is 11.3 Å². The van der Waals surface area contributed by atoms with Gasteiger partial charge in [-0.1, -0.05) is 6.07 Å². The fraction of sp³-hybridized carbons (Fsp3) is 0.133. The van der Waals surface area contributed by atoms with E-state index in [1.165, 1.54) is 23.5 Å². The zero-order valence-corrected chi connectivity index (χ0v) is 12.2. The van der Waals surface area contributed by atoms with Crippen LogP contribution in [0.4, 0.5) is 4.39 Å². The smallest absolute Gasteiger partial charge is 0.137 e. The van der Waals surface area contributed by atoms with Gasteiger partial charge in [0.2, 0.25) is 0 Å². The predicted octanol–water partition coefficient (Wildman–Crippen LogP) is 3.00. The normalized spacial score (nSPS) is 12.5. The number of halogens is 1. The minimum Gasteiger partial charge on any atom is -0.495 e. The Morgan fingerprint density at radius 2 is 2.14 bits per heavy atom. The third-order valence-corrected chi connectivity index (χ3v) is 4.42. The first-order valence-electron chi connectivity index (χ1n) is 6.35. The number of fused-ring (bicyclic) bond motifs is 1. The topological polar surface area (TPSA) is 60.2 Å². The molecule has 21 heavy (non-hydrogen) atoms. The Balaban J connectivity index is 2.04. The molecule has 1 aromatic carbocycles. The van der Waals surface area contributed by atoms with Gasteiger partial charge in [0.1, 0.15) is 11.6 Å². The highest BCUT2D eigenvalue weighted by molar-refractivity contribution is 7.19. The van der Waals surface area contributed by atoms with Crippen molar-refractivity contribution in [2.24, 2.45) is 5.84 Å². The van der Waals surface area contributed by atoms with Crippen LogP contribution in [0.2, 0.25) is 0 Å². The average molecular weight is 303 g/mol. The second-order valence-corrected chi connectivity index (χ2v) is 5.70. The summed E-state index contributed by atoms with van der Waals surface area (Å²) in [5.41, 5.74) is 3.68. The van der Waals surface area contributed by atoms with E-state index < -0.39 is 0 Å². The number of benzene rings is 1. The molecule has 3 rings (SSSR count). The van der Waals surface area contributed by atoms with E-state index in [9.17, 15) is 4.39 Å². The van der Waals surface area contributed by atoms with Crippen molar-refractivity contribution in [2.75, 3.05) is 7.11 Å². The summed E-state index contributed by atoms with van der Waals surface area (Å²) < 4.78 is 19.4. The van der Waals surface area contributed by atoms with Crippen molar-refractivity contribution >= 4 is 21.4 Å². The molecule has 0 aliphatic rings. The molecule has 0 saturated carbocycles. The molecule has 2 aromatic heterocycles. The lowest BCUT2D eigenvalue weighted by Crippen LogP contribution is -2.28. The van der Waals surface area contributed by atoms with E-state index in [-0.39, 0.29) is 11.9 Å². The number of nitrogens with one attached hydrogen (secondary N) is 1. The van der Waals surface area contributed by atoms with Crippen LogP contribution in [0.15, 0.2) is 42.7 Å². The van der Waals surface area contributed by atoms with Crippen molar-refractivity contribution in [2.45, 2.75) is 6.04 Å². The Bertz CT molecular complexity index is 774. The number of nitrogens with two attached hydrogens (primary N) is 1. The van der Waals surface area contributed by atoms with Gasteiger partial charge < -0.3 is 4.74 Å². The molecule has 0 fully saturated rings. The highest BCUT2D eigenvalue weighted by atomic mass is 32.1. The molecular formula is C15H14FN3OS. The molecule has 2 heterocycles. The molecule has 0 spiro atoms. The fourth-order valence-electron chi connectivity index (χ4n) is 2.22. The standard InChI is InChI=1S/C15H14FN3OS/c1-20-12-4-10(7-18-8-12)15(19-17)14-5-9-2-3-11(16)6-13(9)21-14/h2-8,15,19H,17H2,1H3. The van der Waals surface area contributed by atoms with Crippen LogP contribution in [0.3, 0.4) is 0 Å². The van der Waals surface area contributed by atoms with Gasteiger partial charge >= 0.3 is 0 Å². The van der Waals surface area contributed by atoms with Crippen LogP contribution >= 0.6 is 11.3 Å². The van der Waals surface area contributed by atoms with E-state index in [0.717, 1.165) is 20.5 Å². The van der Waals surface area contributed by atoms with E-state index >= 15 is 0 Å². The summed E-state index contributed by atoms with van der Waals surface area (Å²) in [6.07, 6.45) is 3.37. The first-order chi connectivity index (χ1) is 10.2. The number of rotatable bonds is 4. The molecule has 0 amide bonds. The van der Waals surface area contributed by atoms with Crippen molar-refractivity contribution < 1.29 is 9.13 Å². The van der Waals surface area contributed by atoms with Gasteiger partial charge in [0.15, 0.2) is 0 Å². The molecule has 0 aliphatic carbocycles. The minimum absolute atomic E-state index is 0.215. The van der Waals surface area contributed by atoms with Gasteiger partial charge in [0.05, 0.1) is 19.3 Å². The van der Waals surface area contributed by atoms with Gasteiger partial charge in [-0.3, -0.25) is 10.8 Å². The molecule has 3 aromatic rings. The lowest BCUT2D eigenvalue weighted by atomic mass is 10.1. The van der Waals surface area contributed by atoms with Gasteiger partial charge in [-0.05, 0) is 35.2 Å². The number of nitrogens with zero attached hydrogens (tertiary/aromatic N) is 1. The second kappa shape index (κ2) is 5.77. The van der Waals surface area contributed by atoms with Crippen LogP contribution < -0.4 is 16.0 Å². The van der Waals surface area contributed by atoms with Crippen LogP contribution in [0.1, 0.15) is 16.5 Å². The second-order valence-electron chi connectivity index (χ2n) is 4.59. The molecule has 6 heteroatoms. The van der Waals surface area contributed by atoms with E-state index in [4.69, 9.17) is 10.6 Å². The summed E-state index contributed by atoms with van der Waals surface area (Å²) in [5, 5.41) is 0.993. The maximum Gasteiger partial charge on any atom is 0.137 e. The number of ether oxygens (including phenoxy) is 1. The molecule has 0 saturated heterocycles. The lowest BCUT2D eigenvalue weighted by Gasteiger charge is -2.14. The van der Waals surface area contributed by atoms with Crippen LogP contribution in [-0.4, -0.2) is 12.1 Å². The van der Waals surface area contributed by atoms with Crippen LogP contribution in [0, 0.1) is 5.82 Å². The van der Waals surface area contributed by atoms with E-state index in [2.05, 4.69) is 10.4 Å². The number of thiophene rings is 1. The summed E-state index contributed by atoms with van der Waals surface area (Å²) >= 11 is 1.50. The van der Waals surface area contributed by atoms with Gasteiger partial charge in [0, 0.05) is 15.8 Å².